The van der Waals surface area contributed by atoms with Crippen LogP contribution in [0.15, 0.2) is 24.3 Å². The van der Waals surface area contributed by atoms with E-state index in [0.717, 1.165) is 30.2 Å². The standard InChI is InChI=1S/C12H15ClN2/c1-9(15-7-3-6-12(15)14)10-4-2-5-11(13)8-10/h2,4-5,8-9,14H,3,6-7H2,1H3. The van der Waals surface area contributed by atoms with E-state index in [9.17, 15) is 0 Å². The number of nitrogens with zero attached hydrogens (tertiary/aromatic N) is 1. The van der Waals surface area contributed by atoms with E-state index in [1.807, 2.05) is 18.2 Å². The van der Waals surface area contributed by atoms with Gasteiger partial charge in [0.2, 0.25) is 0 Å². The van der Waals surface area contributed by atoms with Crippen LogP contribution < -0.4 is 0 Å². The number of likely N-dealkylation sites (tertiary alicyclic amines) is 1. The lowest BCUT2D eigenvalue weighted by atomic mass is 10.1. The van der Waals surface area contributed by atoms with Crippen LogP contribution in [0.2, 0.25) is 5.02 Å². The Balaban J connectivity index is 2.20. The predicted molar refractivity (Wildman–Crippen MR) is 63.5 cm³/mol. The molecule has 3 heteroatoms. The van der Waals surface area contributed by atoms with Gasteiger partial charge >= 0.3 is 0 Å². The first-order valence-electron chi connectivity index (χ1n) is 5.28. The van der Waals surface area contributed by atoms with Gasteiger partial charge in [0.05, 0.1) is 11.9 Å². The molecule has 1 atom stereocenters. The smallest absolute Gasteiger partial charge is 0.0963 e. The summed E-state index contributed by atoms with van der Waals surface area (Å²) in [5.74, 6) is 0.752. The molecule has 1 aromatic rings. The average Bonchev–Trinajstić information content (AvgIpc) is 2.63. The summed E-state index contributed by atoms with van der Waals surface area (Å²) in [4.78, 5) is 2.14. The highest BCUT2D eigenvalue weighted by Crippen LogP contribution is 2.26. The Bertz CT molecular complexity index is 376. The van der Waals surface area contributed by atoms with Gasteiger partial charge in [-0.25, -0.2) is 0 Å². The molecule has 0 bridgehead atoms. The zero-order chi connectivity index (χ0) is 10.8. The molecule has 1 unspecified atom stereocenters. The third-order valence-corrected chi connectivity index (χ3v) is 3.19. The minimum Gasteiger partial charge on any atom is -0.354 e. The molecule has 0 aliphatic carbocycles. The summed E-state index contributed by atoms with van der Waals surface area (Å²) in [5.41, 5.74) is 1.19. The molecule has 0 radical (unpaired) electrons. The summed E-state index contributed by atoms with van der Waals surface area (Å²) in [6.07, 6.45) is 2.01. The lowest BCUT2D eigenvalue weighted by molar-refractivity contribution is 0.362. The van der Waals surface area contributed by atoms with Crippen molar-refractivity contribution in [1.29, 1.82) is 5.41 Å². The Morgan fingerprint density at radius 2 is 2.27 bits per heavy atom. The third kappa shape index (κ3) is 2.15. The van der Waals surface area contributed by atoms with E-state index in [-0.39, 0.29) is 6.04 Å². The molecule has 1 saturated heterocycles. The maximum absolute atomic E-state index is 7.83. The molecule has 1 aliphatic rings. The molecular formula is C12H15ClN2. The molecule has 0 amide bonds. The molecule has 1 fully saturated rings. The predicted octanol–water partition coefficient (Wildman–Crippen LogP) is 3.47. The molecule has 15 heavy (non-hydrogen) atoms. The van der Waals surface area contributed by atoms with Crippen molar-refractivity contribution in [3.05, 3.63) is 34.9 Å². The monoisotopic (exact) mass is 222 g/mol. The van der Waals surface area contributed by atoms with Crippen molar-refractivity contribution in [1.82, 2.24) is 4.90 Å². The SMILES string of the molecule is CC(c1cccc(Cl)c1)N1CCCC1=N. The quantitative estimate of drug-likeness (QED) is 0.815. The van der Waals surface area contributed by atoms with Gasteiger partial charge < -0.3 is 4.90 Å². The van der Waals surface area contributed by atoms with Crippen LogP contribution in [0.25, 0.3) is 0 Å². The van der Waals surface area contributed by atoms with Crippen molar-refractivity contribution in [2.45, 2.75) is 25.8 Å². The first kappa shape index (κ1) is 10.5. The van der Waals surface area contributed by atoms with Gasteiger partial charge in [-0.05, 0) is 31.0 Å². The van der Waals surface area contributed by atoms with Crippen molar-refractivity contribution in [3.63, 3.8) is 0 Å². The van der Waals surface area contributed by atoms with Gasteiger partial charge in [-0.2, -0.15) is 0 Å². The minimum atomic E-state index is 0.263. The molecule has 2 nitrogen and oxygen atoms in total. The fourth-order valence-electron chi connectivity index (χ4n) is 2.07. The van der Waals surface area contributed by atoms with Crippen LogP contribution in [-0.2, 0) is 0 Å². The van der Waals surface area contributed by atoms with Crippen LogP contribution in [0, 0.1) is 5.41 Å². The molecular weight excluding hydrogens is 208 g/mol. The van der Waals surface area contributed by atoms with Gasteiger partial charge in [0.25, 0.3) is 0 Å². The lowest BCUT2D eigenvalue weighted by Gasteiger charge is -2.26. The zero-order valence-electron chi connectivity index (χ0n) is 8.83. The van der Waals surface area contributed by atoms with Crippen LogP contribution in [0.1, 0.15) is 31.4 Å². The van der Waals surface area contributed by atoms with Gasteiger partial charge in [0.1, 0.15) is 0 Å². The van der Waals surface area contributed by atoms with Crippen molar-refractivity contribution < 1.29 is 0 Å². The van der Waals surface area contributed by atoms with Gasteiger partial charge in [-0.15, -0.1) is 0 Å². The van der Waals surface area contributed by atoms with Gasteiger partial charge in [0, 0.05) is 18.0 Å². The van der Waals surface area contributed by atoms with Crippen LogP contribution >= 0.6 is 11.6 Å². The highest BCUT2D eigenvalue weighted by molar-refractivity contribution is 6.30. The van der Waals surface area contributed by atoms with Gasteiger partial charge in [-0.1, -0.05) is 23.7 Å². The van der Waals surface area contributed by atoms with Crippen molar-refractivity contribution in [2.75, 3.05) is 6.54 Å². The molecule has 0 saturated carbocycles. The Kier molecular flexibility index (Phi) is 2.96. The Labute approximate surface area is 95.4 Å². The average molecular weight is 223 g/mol. The minimum absolute atomic E-state index is 0.263. The van der Waals surface area contributed by atoms with Crippen molar-refractivity contribution in [2.24, 2.45) is 0 Å². The normalized spacial score (nSPS) is 18.3. The van der Waals surface area contributed by atoms with Crippen molar-refractivity contribution >= 4 is 17.4 Å². The number of rotatable bonds is 2. The lowest BCUT2D eigenvalue weighted by Crippen LogP contribution is -2.27. The second-order valence-corrected chi connectivity index (χ2v) is 4.41. The summed E-state index contributed by atoms with van der Waals surface area (Å²) in [7, 11) is 0. The first-order chi connectivity index (χ1) is 7.18. The largest absolute Gasteiger partial charge is 0.354 e. The molecule has 2 rings (SSSR count). The summed E-state index contributed by atoms with van der Waals surface area (Å²) >= 11 is 5.96. The van der Waals surface area contributed by atoms with E-state index in [0.29, 0.717) is 0 Å². The summed E-state index contributed by atoms with van der Waals surface area (Å²) in [5, 5.41) is 8.60. The number of benzene rings is 1. The number of nitrogens with one attached hydrogen (secondary N) is 1. The Hall–Kier alpha value is -1.02. The van der Waals surface area contributed by atoms with Crippen LogP contribution in [0.3, 0.4) is 0 Å². The molecule has 0 aromatic heterocycles. The third-order valence-electron chi connectivity index (χ3n) is 2.96. The van der Waals surface area contributed by atoms with E-state index in [1.54, 1.807) is 0 Å². The van der Waals surface area contributed by atoms with Crippen LogP contribution in [0.4, 0.5) is 0 Å². The summed E-state index contributed by atoms with van der Waals surface area (Å²) in [6, 6.07) is 8.17. The van der Waals surface area contributed by atoms with E-state index >= 15 is 0 Å². The number of halogens is 1. The number of hydrogen-bond acceptors (Lipinski definition) is 1. The fourth-order valence-corrected chi connectivity index (χ4v) is 2.27. The maximum atomic E-state index is 7.83. The highest BCUT2D eigenvalue weighted by atomic mass is 35.5. The van der Waals surface area contributed by atoms with E-state index < -0.39 is 0 Å². The van der Waals surface area contributed by atoms with Crippen molar-refractivity contribution in [3.8, 4) is 0 Å². The Morgan fingerprint density at radius 3 is 2.87 bits per heavy atom. The molecule has 0 spiro atoms. The van der Waals surface area contributed by atoms with Gasteiger partial charge in [-0.3, -0.25) is 5.41 Å². The van der Waals surface area contributed by atoms with E-state index in [2.05, 4.69) is 17.9 Å². The Morgan fingerprint density at radius 1 is 1.47 bits per heavy atom. The highest BCUT2D eigenvalue weighted by Gasteiger charge is 2.22. The first-order valence-corrected chi connectivity index (χ1v) is 5.66. The summed E-state index contributed by atoms with van der Waals surface area (Å²) in [6.45, 7) is 3.12. The molecule has 1 aliphatic heterocycles. The topological polar surface area (TPSA) is 27.1 Å². The zero-order valence-corrected chi connectivity index (χ0v) is 9.59. The van der Waals surface area contributed by atoms with Crippen LogP contribution in [0.5, 0.6) is 0 Å². The van der Waals surface area contributed by atoms with E-state index in [4.69, 9.17) is 17.0 Å². The van der Waals surface area contributed by atoms with Crippen LogP contribution in [-0.4, -0.2) is 17.3 Å². The molecule has 1 heterocycles. The number of hydrogen-bond donors (Lipinski definition) is 1. The summed E-state index contributed by atoms with van der Waals surface area (Å²) < 4.78 is 0. The van der Waals surface area contributed by atoms with E-state index in [1.165, 1.54) is 5.56 Å². The molecule has 1 aromatic carbocycles. The van der Waals surface area contributed by atoms with Gasteiger partial charge in [0.15, 0.2) is 0 Å². The number of amidine groups is 1. The fraction of sp³-hybridized carbons (Fsp3) is 0.417. The molecule has 1 N–H and O–H groups in total. The molecule has 80 valence electrons. The second-order valence-electron chi connectivity index (χ2n) is 3.97. The maximum Gasteiger partial charge on any atom is 0.0963 e. The second kappa shape index (κ2) is 4.23.